The summed E-state index contributed by atoms with van der Waals surface area (Å²) in [5, 5.41) is 10.8. The van der Waals surface area contributed by atoms with Crippen molar-refractivity contribution < 1.29 is 23.1 Å². The number of rotatable bonds is 4. The van der Waals surface area contributed by atoms with E-state index >= 15 is 0 Å². The van der Waals surface area contributed by atoms with Gasteiger partial charge in [-0.3, -0.25) is 4.79 Å². The number of carbonyl (C=O) groups excluding carboxylic acids is 1. The van der Waals surface area contributed by atoms with E-state index < -0.39 is 30.7 Å². The zero-order chi connectivity index (χ0) is 13.8. The molecule has 0 aliphatic carbocycles. The van der Waals surface area contributed by atoms with Crippen LogP contribution in [0.5, 0.6) is 0 Å². The SMILES string of the molecule is CC(C(=O)NCC(O)C(F)(F)F)c1ccccc1. The molecule has 2 atom stereocenters. The minimum atomic E-state index is -4.72. The van der Waals surface area contributed by atoms with E-state index in [0.717, 1.165) is 0 Å². The number of aliphatic hydroxyl groups is 1. The molecule has 2 N–H and O–H groups in total. The molecule has 0 aliphatic rings. The maximum Gasteiger partial charge on any atom is 0.416 e. The first-order valence-corrected chi connectivity index (χ1v) is 5.40. The Bertz CT molecular complexity index is 392. The summed E-state index contributed by atoms with van der Waals surface area (Å²) in [6.07, 6.45) is -7.26. The Kier molecular flexibility index (Phi) is 4.72. The Labute approximate surface area is 103 Å². The first-order chi connectivity index (χ1) is 8.32. The second-order valence-corrected chi connectivity index (χ2v) is 3.93. The number of aliphatic hydroxyl groups excluding tert-OH is 1. The normalized spacial score (nSPS) is 14.9. The Balaban J connectivity index is 2.52. The van der Waals surface area contributed by atoms with Gasteiger partial charge in [-0.2, -0.15) is 13.2 Å². The molecule has 1 aromatic rings. The van der Waals surface area contributed by atoms with Crippen LogP contribution < -0.4 is 5.32 Å². The first-order valence-electron chi connectivity index (χ1n) is 5.40. The van der Waals surface area contributed by atoms with Gasteiger partial charge < -0.3 is 10.4 Å². The van der Waals surface area contributed by atoms with Crippen molar-refractivity contribution in [3.8, 4) is 0 Å². The largest absolute Gasteiger partial charge is 0.416 e. The van der Waals surface area contributed by atoms with Gasteiger partial charge >= 0.3 is 6.18 Å². The van der Waals surface area contributed by atoms with Crippen molar-refractivity contribution in [2.24, 2.45) is 0 Å². The zero-order valence-electron chi connectivity index (χ0n) is 9.74. The van der Waals surface area contributed by atoms with Gasteiger partial charge in [-0.25, -0.2) is 0 Å². The van der Waals surface area contributed by atoms with Gasteiger partial charge in [0.05, 0.1) is 12.5 Å². The average Bonchev–Trinajstić information content (AvgIpc) is 2.34. The Morgan fingerprint density at radius 3 is 2.39 bits per heavy atom. The van der Waals surface area contributed by atoms with Crippen LogP contribution in [0.4, 0.5) is 13.2 Å². The van der Waals surface area contributed by atoms with Gasteiger partial charge in [0.1, 0.15) is 0 Å². The molecule has 0 radical (unpaired) electrons. The predicted molar refractivity (Wildman–Crippen MR) is 59.9 cm³/mol. The molecular formula is C12H14F3NO2. The molecule has 1 amide bonds. The monoisotopic (exact) mass is 261 g/mol. The molecule has 0 heterocycles. The van der Waals surface area contributed by atoms with Crippen LogP contribution in [0, 0.1) is 0 Å². The quantitative estimate of drug-likeness (QED) is 0.868. The van der Waals surface area contributed by atoms with Crippen LogP contribution in [0.25, 0.3) is 0 Å². The number of hydrogen-bond donors (Lipinski definition) is 2. The molecule has 6 heteroatoms. The number of hydrogen-bond acceptors (Lipinski definition) is 2. The molecule has 100 valence electrons. The minimum Gasteiger partial charge on any atom is -0.382 e. The van der Waals surface area contributed by atoms with Gasteiger partial charge in [-0.05, 0) is 12.5 Å². The van der Waals surface area contributed by atoms with Gasteiger partial charge in [0.15, 0.2) is 6.10 Å². The highest BCUT2D eigenvalue weighted by atomic mass is 19.4. The van der Waals surface area contributed by atoms with Crippen LogP contribution in [0.2, 0.25) is 0 Å². The minimum absolute atomic E-state index is 0.551. The number of alkyl halides is 3. The highest BCUT2D eigenvalue weighted by molar-refractivity contribution is 5.83. The van der Waals surface area contributed by atoms with Crippen molar-refractivity contribution in [1.82, 2.24) is 5.32 Å². The maximum atomic E-state index is 12.0. The molecule has 18 heavy (non-hydrogen) atoms. The average molecular weight is 261 g/mol. The van der Waals surface area contributed by atoms with E-state index in [2.05, 4.69) is 5.32 Å². The van der Waals surface area contributed by atoms with Gasteiger partial charge in [-0.1, -0.05) is 30.3 Å². The van der Waals surface area contributed by atoms with E-state index in [-0.39, 0.29) is 0 Å². The van der Waals surface area contributed by atoms with Gasteiger partial charge in [0, 0.05) is 0 Å². The molecule has 0 bridgehead atoms. The summed E-state index contributed by atoms with van der Waals surface area (Å²) in [7, 11) is 0. The smallest absolute Gasteiger partial charge is 0.382 e. The van der Waals surface area contributed by atoms with E-state index in [4.69, 9.17) is 5.11 Å². The molecule has 0 fully saturated rings. The van der Waals surface area contributed by atoms with E-state index in [9.17, 15) is 18.0 Å². The molecule has 0 saturated heterocycles. The zero-order valence-corrected chi connectivity index (χ0v) is 9.74. The third-order valence-corrected chi connectivity index (χ3v) is 2.54. The maximum absolute atomic E-state index is 12.0. The van der Waals surface area contributed by atoms with Crippen LogP contribution in [-0.4, -0.2) is 29.8 Å². The highest BCUT2D eigenvalue weighted by Crippen LogP contribution is 2.20. The van der Waals surface area contributed by atoms with Gasteiger partial charge in [0.2, 0.25) is 5.91 Å². The number of amides is 1. The van der Waals surface area contributed by atoms with E-state index in [1.807, 2.05) is 0 Å². The summed E-state index contributed by atoms with van der Waals surface area (Å²) in [5.74, 6) is -1.11. The topological polar surface area (TPSA) is 49.3 Å². The molecule has 0 aliphatic heterocycles. The third kappa shape index (κ3) is 4.03. The summed E-state index contributed by atoms with van der Waals surface area (Å²) in [6, 6.07) is 8.68. The van der Waals surface area contributed by atoms with Crippen LogP contribution in [0.3, 0.4) is 0 Å². The highest BCUT2D eigenvalue weighted by Gasteiger charge is 2.38. The summed E-state index contributed by atoms with van der Waals surface area (Å²) in [6.45, 7) is 0.754. The van der Waals surface area contributed by atoms with Gasteiger partial charge in [0.25, 0.3) is 0 Å². The molecule has 2 unspecified atom stereocenters. The molecular weight excluding hydrogens is 247 g/mol. The van der Waals surface area contributed by atoms with Gasteiger partial charge in [-0.15, -0.1) is 0 Å². The van der Waals surface area contributed by atoms with Crippen molar-refractivity contribution >= 4 is 5.91 Å². The molecule has 0 aromatic heterocycles. The van der Waals surface area contributed by atoms with Crippen molar-refractivity contribution in [3.05, 3.63) is 35.9 Å². The van der Waals surface area contributed by atoms with Crippen molar-refractivity contribution in [3.63, 3.8) is 0 Å². The first kappa shape index (κ1) is 14.5. The molecule has 0 saturated carbocycles. The van der Waals surface area contributed by atoms with Crippen LogP contribution in [-0.2, 0) is 4.79 Å². The van der Waals surface area contributed by atoms with Crippen LogP contribution in [0.1, 0.15) is 18.4 Å². The number of carbonyl (C=O) groups is 1. The van der Waals surface area contributed by atoms with Crippen LogP contribution >= 0.6 is 0 Å². The molecule has 3 nitrogen and oxygen atoms in total. The summed E-state index contributed by atoms with van der Waals surface area (Å²) in [4.78, 5) is 11.6. The summed E-state index contributed by atoms with van der Waals surface area (Å²) in [5.41, 5.74) is 0.705. The predicted octanol–water partition coefficient (Wildman–Crippen LogP) is 1.83. The molecule has 1 rings (SSSR count). The van der Waals surface area contributed by atoms with Crippen molar-refractivity contribution in [2.75, 3.05) is 6.54 Å². The lowest BCUT2D eigenvalue weighted by Gasteiger charge is -2.17. The van der Waals surface area contributed by atoms with Crippen LogP contribution in [0.15, 0.2) is 30.3 Å². The lowest BCUT2D eigenvalue weighted by atomic mass is 10.0. The molecule has 0 spiro atoms. The Hall–Kier alpha value is -1.56. The van der Waals surface area contributed by atoms with E-state index in [1.165, 1.54) is 0 Å². The van der Waals surface area contributed by atoms with E-state index in [1.54, 1.807) is 37.3 Å². The summed E-state index contributed by atoms with van der Waals surface area (Å²) < 4.78 is 36.1. The standard InChI is InChI=1S/C12H14F3NO2/c1-8(9-5-3-2-4-6-9)11(18)16-7-10(17)12(13,14)15/h2-6,8,10,17H,7H2,1H3,(H,16,18). The number of benzene rings is 1. The fraction of sp³-hybridized carbons (Fsp3) is 0.417. The lowest BCUT2D eigenvalue weighted by molar-refractivity contribution is -0.201. The number of nitrogens with one attached hydrogen (secondary N) is 1. The number of halogens is 3. The van der Waals surface area contributed by atoms with E-state index in [0.29, 0.717) is 5.56 Å². The third-order valence-electron chi connectivity index (χ3n) is 2.54. The Morgan fingerprint density at radius 2 is 1.89 bits per heavy atom. The fourth-order valence-electron chi connectivity index (χ4n) is 1.36. The molecule has 1 aromatic carbocycles. The Morgan fingerprint density at radius 1 is 1.33 bits per heavy atom. The fourth-order valence-corrected chi connectivity index (χ4v) is 1.36. The van der Waals surface area contributed by atoms with Crippen molar-refractivity contribution in [1.29, 1.82) is 0 Å². The lowest BCUT2D eigenvalue weighted by Crippen LogP contribution is -2.41. The second-order valence-electron chi connectivity index (χ2n) is 3.93. The van der Waals surface area contributed by atoms with Crippen molar-refractivity contribution in [2.45, 2.75) is 25.1 Å². The second kappa shape index (κ2) is 5.86. The summed E-state index contributed by atoms with van der Waals surface area (Å²) >= 11 is 0.